The molecule has 3 rings (SSSR count). The van der Waals surface area contributed by atoms with Crippen molar-refractivity contribution >= 4 is 37.0 Å². The van der Waals surface area contributed by atoms with Crippen LogP contribution in [0.2, 0.25) is 0 Å². The summed E-state index contributed by atoms with van der Waals surface area (Å²) in [4.78, 5) is 7.82. The molecule has 0 amide bonds. The van der Waals surface area contributed by atoms with Gasteiger partial charge in [-0.1, -0.05) is 18.2 Å². The van der Waals surface area contributed by atoms with Gasteiger partial charge in [0.2, 0.25) is 10.0 Å². The lowest BCUT2D eigenvalue weighted by Crippen LogP contribution is -2.27. The van der Waals surface area contributed by atoms with Gasteiger partial charge < -0.3 is 4.98 Å². The minimum Gasteiger partial charge on any atom is -0.341 e. The van der Waals surface area contributed by atoms with Gasteiger partial charge in [0.15, 0.2) is 0 Å². The Hall–Kier alpha value is -1.70. The molecule has 1 heterocycles. The van der Waals surface area contributed by atoms with Gasteiger partial charge in [0.05, 0.1) is 22.5 Å². The summed E-state index contributed by atoms with van der Waals surface area (Å²) < 4.78 is 27.3. The molecule has 120 valence electrons. The van der Waals surface area contributed by atoms with Gasteiger partial charge in [-0.2, -0.15) is 4.31 Å². The van der Waals surface area contributed by atoms with Gasteiger partial charge in [-0.15, -0.1) is 0 Å². The number of hydrogen-bond acceptors (Lipinski definition) is 3. The van der Waals surface area contributed by atoms with E-state index in [0.717, 1.165) is 16.6 Å². The lowest BCUT2D eigenvalue weighted by atomic mass is 10.2. The van der Waals surface area contributed by atoms with Crippen molar-refractivity contribution in [3.8, 4) is 0 Å². The fourth-order valence-corrected chi connectivity index (χ4v) is 4.64. The Bertz CT molecular complexity index is 933. The van der Waals surface area contributed by atoms with Crippen LogP contribution in [0.1, 0.15) is 11.4 Å². The molecule has 0 atom stereocenters. The van der Waals surface area contributed by atoms with E-state index in [9.17, 15) is 8.42 Å². The number of nitrogens with zero attached hydrogens (tertiary/aromatic N) is 2. The van der Waals surface area contributed by atoms with Gasteiger partial charge in [-0.25, -0.2) is 13.4 Å². The topological polar surface area (TPSA) is 66.1 Å². The highest BCUT2D eigenvalue weighted by atomic mass is 79.9. The Morgan fingerprint density at radius 3 is 2.65 bits per heavy atom. The highest BCUT2D eigenvalue weighted by Crippen LogP contribution is 2.26. The Morgan fingerprint density at radius 2 is 1.96 bits per heavy atom. The smallest absolute Gasteiger partial charge is 0.244 e. The zero-order valence-electron chi connectivity index (χ0n) is 12.7. The molecule has 3 aromatic rings. The minimum atomic E-state index is -3.60. The largest absolute Gasteiger partial charge is 0.341 e. The van der Waals surface area contributed by atoms with Gasteiger partial charge in [0, 0.05) is 11.5 Å². The molecule has 0 bridgehead atoms. The monoisotopic (exact) mass is 393 g/mol. The van der Waals surface area contributed by atoms with Gasteiger partial charge in [-0.05, 0) is 52.7 Å². The van der Waals surface area contributed by atoms with Crippen LogP contribution in [-0.4, -0.2) is 29.7 Å². The van der Waals surface area contributed by atoms with Crippen molar-refractivity contribution in [2.75, 3.05) is 7.05 Å². The number of rotatable bonds is 4. The number of sulfonamides is 1. The summed E-state index contributed by atoms with van der Waals surface area (Å²) in [6.45, 7) is 2.09. The molecule has 1 N–H and O–H groups in total. The standard InChI is InChI=1S/C16H16BrN3O2S/c1-11-7-8-15(12(17)9-11)23(21,22)20(2)10-16-18-13-5-3-4-6-14(13)19-16/h3-9H,10H2,1-2H3,(H,18,19). The summed E-state index contributed by atoms with van der Waals surface area (Å²) in [5.74, 6) is 0.612. The molecule has 0 aliphatic heterocycles. The molecule has 5 nitrogen and oxygen atoms in total. The first kappa shape index (κ1) is 16.2. The van der Waals surface area contributed by atoms with Crippen molar-refractivity contribution in [1.29, 1.82) is 0 Å². The third-order valence-electron chi connectivity index (χ3n) is 3.59. The Morgan fingerprint density at radius 1 is 1.22 bits per heavy atom. The number of aryl methyl sites for hydroxylation is 1. The Balaban J connectivity index is 1.90. The molecule has 0 saturated heterocycles. The maximum absolute atomic E-state index is 12.7. The summed E-state index contributed by atoms with van der Waals surface area (Å²) in [7, 11) is -2.05. The van der Waals surface area contributed by atoms with Crippen molar-refractivity contribution in [2.24, 2.45) is 0 Å². The van der Waals surface area contributed by atoms with Crippen LogP contribution in [0, 0.1) is 6.92 Å². The van der Waals surface area contributed by atoms with E-state index < -0.39 is 10.0 Å². The molecule has 0 spiro atoms. The summed E-state index contributed by atoms with van der Waals surface area (Å²) in [6.07, 6.45) is 0. The lowest BCUT2D eigenvalue weighted by Gasteiger charge is -2.17. The zero-order valence-corrected chi connectivity index (χ0v) is 15.1. The third kappa shape index (κ3) is 3.17. The second-order valence-electron chi connectivity index (χ2n) is 5.40. The fraction of sp³-hybridized carbons (Fsp3) is 0.188. The number of nitrogens with one attached hydrogen (secondary N) is 1. The highest BCUT2D eigenvalue weighted by molar-refractivity contribution is 9.10. The number of aromatic nitrogens is 2. The highest BCUT2D eigenvalue weighted by Gasteiger charge is 2.24. The third-order valence-corrected chi connectivity index (χ3v) is 6.37. The van der Waals surface area contributed by atoms with Crippen molar-refractivity contribution in [3.63, 3.8) is 0 Å². The number of aromatic amines is 1. The SMILES string of the molecule is Cc1ccc(S(=O)(=O)N(C)Cc2nc3ccccc3[nH]2)c(Br)c1. The van der Waals surface area contributed by atoms with Crippen LogP contribution in [0.4, 0.5) is 0 Å². The molecule has 1 aromatic heterocycles. The second-order valence-corrected chi connectivity index (χ2v) is 8.26. The number of imidazole rings is 1. The van der Waals surface area contributed by atoms with Crippen molar-refractivity contribution in [2.45, 2.75) is 18.4 Å². The van der Waals surface area contributed by atoms with E-state index in [0.29, 0.717) is 10.3 Å². The quantitative estimate of drug-likeness (QED) is 0.737. The minimum absolute atomic E-state index is 0.178. The van der Waals surface area contributed by atoms with E-state index >= 15 is 0 Å². The number of benzene rings is 2. The summed E-state index contributed by atoms with van der Waals surface area (Å²) >= 11 is 3.34. The first-order valence-corrected chi connectivity index (χ1v) is 9.27. The van der Waals surface area contributed by atoms with Gasteiger partial charge >= 0.3 is 0 Å². The Labute approximate surface area is 143 Å². The van der Waals surface area contributed by atoms with E-state index in [2.05, 4.69) is 25.9 Å². The van der Waals surface area contributed by atoms with Crippen LogP contribution in [0.25, 0.3) is 11.0 Å². The molecular weight excluding hydrogens is 378 g/mol. The van der Waals surface area contributed by atoms with Crippen molar-refractivity contribution < 1.29 is 8.42 Å². The number of fused-ring (bicyclic) bond motifs is 1. The van der Waals surface area contributed by atoms with Gasteiger partial charge in [-0.3, -0.25) is 0 Å². The number of para-hydroxylation sites is 2. The van der Waals surface area contributed by atoms with Crippen molar-refractivity contribution in [1.82, 2.24) is 14.3 Å². The van der Waals surface area contributed by atoms with Gasteiger partial charge in [0.25, 0.3) is 0 Å². The van der Waals surface area contributed by atoms with E-state index in [1.165, 1.54) is 4.31 Å². The van der Waals surface area contributed by atoms with Crippen LogP contribution in [0.15, 0.2) is 51.8 Å². The first-order chi connectivity index (χ1) is 10.9. The van der Waals surface area contributed by atoms with Crippen LogP contribution >= 0.6 is 15.9 Å². The fourth-order valence-electron chi connectivity index (χ4n) is 2.36. The average Bonchev–Trinajstić information content (AvgIpc) is 2.88. The zero-order chi connectivity index (χ0) is 16.6. The second kappa shape index (κ2) is 6.07. The number of H-pyrrole nitrogens is 1. The molecule has 0 saturated carbocycles. The van der Waals surface area contributed by atoms with E-state index in [-0.39, 0.29) is 11.4 Å². The Kier molecular flexibility index (Phi) is 4.27. The summed E-state index contributed by atoms with van der Waals surface area (Å²) in [6, 6.07) is 12.8. The maximum atomic E-state index is 12.7. The number of halogens is 1. The van der Waals surface area contributed by atoms with Crippen LogP contribution in [-0.2, 0) is 16.6 Å². The first-order valence-electron chi connectivity index (χ1n) is 7.04. The van der Waals surface area contributed by atoms with E-state index in [4.69, 9.17) is 0 Å². The molecule has 0 radical (unpaired) electrons. The van der Waals surface area contributed by atoms with Gasteiger partial charge in [0.1, 0.15) is 5.82 Å². The summed E-state index contributed by atoms with van der Waals surface area (Å²) in [5, 5.41) is 0. The molecule has 0 aliphatic rings. The molecule has 7 heteroatoms. The van der Waals surface area contributed by atoms with E-state index in [1.807, 2.05) is 31.2 Å². The predicted molar refractivity (Wildman–Crippen MR) is 93.6 cm³/mol. The number of hydrogen-bond donors (Lipinski definition) is 1. The molecule has 23 heavy (non-hydrogen) atoms. The molecule has 0 aliphatic carbocycles. The molecular formula is C16H16BrN3O2S. The van der Waals surface area contributed by atoms with Crippen LogP contribution in [0.3, 0.4) is 0 Å². The lowest BCUT2D eigenvalue weighted by molar-refractivity contribution is 0.458. The normalized spacial score (nSPS) is 12.2. The van der Waals surface area contributed by atoms with Crippen molar-refractivity contribution in [3.05, 3.63) is 58.3 Å². The predicted octanol–water partition coefficient (Wildman–Crippen LogP) is 3.45. The molecule has 0 unspecified atom stereocenters. The van der Waals surface area contributed by atoms with E-state index in [1.54, 1.807) is 25.2 Å². The molecule has 2 aromatic carbocycles. The van der Waals surface area contributed by atoms with Crippen LogP contribution in [0.5, 0.6) is 0 Å². The maximum Gasteiger partial charge on any atom is 0.244 e. The molecule has 0 fully saturated rings. The average molecular weight is 394 g/mol. The summed E-state index contributed by atoms with van der Waals surface area (Å²) in [5.41, 5.74) is 2.71. The van der Waals surface area contributed by atoms with Crippen LogP contribution < -0.4 is 0 Å².